The predicted molar refractivity (Wildman–Crippen MR) is 91.0 cm³/mol. The third-order valence-electron chi connectivity index (χ3n) is 3.94. The molecule has 0 spiro atoms. The maximum Gasteiger partial charge on any atom is 0.129 e. The van der Waals surface area contributed by atoms with E-state index in [0.29, 0.717) is 6.54 Å². The third-order valence-corrected chi connectivity index (χ3v) is 3.94. The van der Waals surface area contributed by atoms with Crippen LogP contribution >= 0.6 is 12.4 Å². The summed E-state index contributed by atoms with van der Waals surface area (Å²) in [6.45, 7) is 4.51. The smallest absolute Gasteiger partial charge is 0.129 e. The van der Waals surface area contributed by atoms with Crippen molar-refractivity contribution in [3.63, 3.8) is 0 Å². The second-order valence-corrected chi connectivity index (χ2v) is 5.46. The van der Waals surface area contributed by atoms with E-state index < -0.39 is 11.6 Å². The summed E-state index contributed by atoms with van der Waals surface area (Å²) in [6.07, 6.45) is 0.278. The molecule has 0 saturated heterocycles. The van der Waals surface area contributed by atoms with Gasteiger partial charge >= 0.3 is 0 Å². The maximum atomic E-state index is 14.0. The van der Waals surface area contributed by atoms with E-state index in [1.54, 1.807) is 0 Å². The van der Waals surface area contributed by atoms with E-state index in [2.05, 4.69) is 5.48 Å². The Morgan fingerprint density at radius 2 is 1.52 bits per heavy atom. The standard InChI is InChI=1S/C18H21F2NO.ClH/c1-12-6-4-7-13(2)18(12)14(11-21-22-3)10-15-16(19)8-5-9-17(15)20;/h4-9,14,21H,10-11H2,1-3H3;1H. The van der Waals surface area contributed by atoms with Crippen LogP contribution in [-0.2, 0) is 11.3 Å². The fourth-order valence-corrected chi connectivity index (χ4v) is 2.91. The van der Waals surface area contributed by atoms with Crippen molar-refractivity contribution in [3.8, 4) is 0 Å². The number of aryl methyl sites for hydroxylation is 2. The molecule has 0 aliphatic heterocycles. The van der Waals surface area contributed by atoms with E-state index in [1.165, 1.54) is 25.3 Å². The van der Waals surface area contributed by atoms with Crippen LogP contribution in [0.3, 0.4) is 0 Å². The molecular formula is C18H22ClF2NO. The molecular weight excluding hydrogens is 320 g/mol. The highest BCUT2D eigenvalue weighted by atomic mass is 35.5. The lowest BCUT2D eigenvalue weighted by molar-refractivity contribution is 0.0867. The normalized spacial score (nSPS) is 11.9. The van der Waals surface area contributed by atoms with Crippen LogP contribution < -0.4 is 5.48 Å². The number of hydrogen-bond donors (Lipinski definition) is 1. The van der Waals surface area contributed by atoms with E-state index in [1.807, 2.05) is 32.0 Å². The largest absolute Gasteiger partial charge is 0.305 e. The SMILES string of the molecule is CONCC(Cc1c(F)cccc1F)c1c(C)cccc1C.Cl. The molecule has 0 aliphatic rings. The summed E-state index contributed by atoms with van der Waals surface area (Å²) in [7, 11) is 1.53. The van der Waals surface area contributed by atoms with Gasteiger partial charge in [-0.1, -0.05) is 24.3 Å². The van der Waals surface area contributed by atoms with Gasteiger partial charge in [-0.3, -0.25) is 0 Å². The van der Waals surface area contributed by atoms with Crippen LogP contribution in [0.1, 0.15) is 28.2 Å². The number of benzene rings is 2. The van der Waals surface area contributed by atoms with Crippen molar-refractivity contribution in [1.82, 2.24) is 5.48 Å². The number of halogens is 3. The molecule has 0 heterocycles. The van der Waals surface area contributed by atoms with Gasteiger partial charge < -0.3 is 4.84 Å². The van der Waals surface area contributed by atoms with E-state index in [4.69, 9.17) is 4.84 Å². The molecule has 0 amide bonds. The second-order valence-electron chi connectivity index (χ2n) is 5.46. The maximum absolute atomic E-state index is 14.0. The van der Waals surface area contributed by atoms with Gasteiger partial charge in [0, 0.05) is 18.0 Å². The molecule has 23 heavy (non-hydrogen) atoms. The average molecular weight is 342 g/mol. The van der Waals surface area contributed by atoms with Gasteiger partial charge in [0.2, 0.25) is 0 Å². The number of nitrogens with one attached hydrogen (secondary N) is 1. The molecule has 2 nitrogen and oxygen atoms in total. The van der Waals surface area contributed by atoms with Gasteiger partial charge in [0.25, 0.3) is 0 Å². The second kappa shape index (κ2) is 8.96. The number of rotatable bonds is 6. The average Bonchev–Trinajstić information content (AvgIpc) is 2.47. The van der Waals surface area contributed by atoms with Crippen molar-refractivity contribution >= 4 is 12.4 Å². The lowest BCUT2D eigenvalue weighted by Crippen LogP contribution is -2.24. The Balaban J connectivity index is 0.00000264. The molecule has 0 radical (unpaired) electrons. The Bertz CT molecular complexity index is 608. The van der Waals surface area contributed by atoms with Crippen LogP contribution in [0, 0.1) is 25.5 Å². The zero-order chi connectivity index (χ0) is 16.1. The number of hydroxylamine groups is 1. The van der Waals surface area contributed by atoms with Gasteiger partial charge in [0.15, 0.2) is 0 Å². The van der Waals surface area contributed by atoms with E-state index in [0.717, 1.165) is 16.7 Å². The first-order valence-electron chi connectivity index (χ1n) is 7.29. The monoisotopic (exact) mass is 341 g/mol. The molecule has 1 atom stereocenters. The van der Waals surface area contributed by atoms with Gasteiger partial charge in [-0.25, -0.2) is 14.3 Å². The minimum Gasteiger partial charge on any atom is -0.305 e. The van der Waals surface area contributed by atoms with Crippen molar-refractivity contribution < 1.29 is 13.6 Å². The van der Waals surface area contributed by atoms with Crippen molar-refractivity contribution in [2.45, 2.75) is 26.2 Å². The van der Waals surface area contributed by atoms with Crippen LogP contribution in [0.4, 0.5) is 8.78 Å². The molecule has 0 aliphatic carbocycles. The van der Waals surface area contributed by atoms with Crippen LogP contribution in [0.15, 0.2) is 36.4 Å². The number of hydrogen-bond acceptors (Lipinski definition) is 2. The molecule has 2 aromatic rings. The Kier molecular flexibility index (Phi) is 7.62. The molecule has 0 bridgehead atoms. The highest BCUT2D eigenvalue weighted by Crippen LogP contribution is 2.28. The van der Waals surface area contributed by atoms with Gasteiger partial charge in [-0.2, -0.15) is 0 Å². The fourth-order valence-electron chi connectivity index (χ4n) is 2.91. The van der Waals surface area contributed by atoms with Crippen LogP contribution in [-0.4, -0.2) is 13.7 Å². The van der Waals surface area contributed by atoms with E-state index in [9.17, 15) is 8.78 Å². The van der Waals surface area contributed by atoms with Gasteiger partial charge in [0.1, 0.15) is 11.6 Å². The molecule has 0 saturated carbocycles. The predicted octanol–water partition coefficient (Wildman–Crippen LogP) is 4.48. The zero-order valence-corrected chi connectivity index (χ0v) is 14.3. The Labute approximate surface area is 142 Å². The quantitative estimate of drug-likeness (QED) is 0.782. The van der Waals surface area contributed by atoms with Crippen LogP contribution in [0.2, 0.25) is 0 Å². The van der Waals surface area contributed by atoms with Crippen LogP contribution in [0.5, 0.6) is 0 Å². The first-order chi connectivity index (χ1) is 10.5. The van der Waals surface area contributed by atoms with E-state index >= 15 is 0 Å². The Morgan fingerprint density at radius 1 is 1.00 bits per heavy atom. The molecule has 5 heteroatoms. The molecule has 2 aromatic carbocycles. The minimum atomic E-state index is -0.506. The van der Waals surface area contributed by atoms with Gasteiger partial charge in [-0.15, -0.1) is 12.4 Å². The zero-order valence-electron chi connectivity index (χ0n) is 13.5. The summed E-state index contributed by atoms with van der Waals surface area (Å²) in [5.74, 6) is -1.09. The van der Waals surface area contributed by atoms with Crippen molar-refractivity contribution in [2.24, 2.45) is 0 Å². The minimum absolute atomic E-state index is 0. The highest BCUT2D eigenvalue weighted by molar-refractivity contribution is 5.85. The third kappa shape index (κ3) is 4.74. The van der Waals surface area contributed by atoms with Crippen molar-refractivity contribution in [1.29, 1.82) is 0 Å². The Hall–Kier alpha value is -1.49. The lowest BCUT2D eigenvalue weighted by Gasteiger charge is -2.22. The summed E-state index contributed by atoms with van der Waals surface area (Å²) in [6, 6.07) is 9.99. The molecule has 0 fully saturated rings. The van der Waals surface area contributed by atoms with Crippen molar-refractivity contribution in [3.05, 3.63) is 70.3 Å². The molecule has 0 aromatic heterocycles. The summed E-state index contributed by atoms with van der Waals surface area (Å²) >= 11 is 0. The molecule has 126 valence electrons. The van der Waals surface area contributed by atoms with Crippen LogP contribution in [0.25, 0.3) is 0 Å². The van der Waals surface area contributed by atoms with E-state index in [-0.39, 0.29) is 30.3 Å². The fraction of sp³-hybridized carbons (Fsp3) is 0.333. The Morgan fingerprint density at radius 3 is 2.04 bits per heavy atom. The first-order valence-corrected chi connectivity index (χ1v) is 7.29. The van der Waals surface area contributed by atoms with Gasteiger partial charge in [0.05, 0.1) is 7.11 Å². The summed E-state index contributed by atoms with van der Waals surface area (Å²) < 4.78 is 27.9. The first kappa shape index (κ1) is 19.6. The summed E-state index contributed by atoms with van der Waals surface area (Å²) in [5.41, 5.74) is 6.26. The van der Waals surface area contributed by atoms with Gasteiger partial charge in [-0.05, 0) is 49.1 Å². The molecule has 1 N–H and O–H groups in total. The highest BCUT2D eigenvalue weighted by Gasteiger charge is 2.20. The molecule has 2 rings (SSSR count). The van der Waals surface area contributed by atoms with Crippen molar-refractivity contribution in [2.75, 3.05) is 13.7 Å². The topological polar surface area (TPSA) is 21.3 Å². The summed E-state index contributed by atoms with van der Waals surface area (Å²) in [4.78, 5) is 4.93. The summed E-state index contributed by atoms with van der Waals surface area (Å²) in [5, 5.41) is 0. The molecule has 1 unspecified atom stereocenters. The lowest BCUT2D eigenvalue weighted by atomic mass is 9.86.